The molecule has 4 rings (SSSR count). The molecule has 6 heteroatoms. The van der Waals surface area contributed by atoms with Gasteiger partial charge in [-0.1, -0.05) is 0 Å². The van der Waals surface area contributed by atoms with Crippen molar-refractivity contribution in [2.45, 2.75) is 19.3 Å². The van der Waals surface area contributed by atoms with Gasteiger partial charge in [-0.2, -0.15) is 4.98 Å². The van der Waals surface area contributed by atoms with Crippen LogP contribution in [0.4, 0.5) is 17.3 Å². The van der Waals surface area contributed by atoms with E-state index in [0.29, 0.717) is 17.0 Å². The molecule has 1 saturated heterocycles. The predicted octanol–water partition coefficient (Wildman–Crippen LogP) is 2.99. The highest BCUT2D eigenvalue weighted by atomic mass is 16.1. The number of hydrogen-bond acceptors (Lipinski definition) is 4. The zero-order valence-corrected chi connectivity index (χ0v) is 12.8. The monoisotopic (exact) mass is 309 g/mol. The maximum Gasteiger partial charge on any atom is 0.261 e. The molecular weight excluding hydrogens is 290 g/mol. The molecule has 118 valence electrons. The van der Waals surface area contributed by atoms with Crippen molar-refractivity contribution in [1.82, 2.24) is 15.0 Å². The van der Waals surface area contributed by atoms with Gasteiger partial charge in [0.05, 0.1) is 5.39 Å². The van der Waals surface area contributed by atoms with E-state index in [2.05, 4.69) is 37.3 Å². The Kier molecular flexibility index (Phi) is 3.49. The van der Waals surface area contributed by atoms with Crippen molar-refractivity contribution < 1.29 is 0 Å². The molecular formula is C17H19N5O. The predicted molar refractivity (Wildman–Crippen MR) is 92.5 cm³/mol. The highest BCUT2D eigenvalue weighted by Gasteiger charge is 2.10. The maximum absolute atomic E-state index is 11.9. The van der Waals surface area contributed by atoms with Gasteiger partial charge in [0.15, 0.2) is 0 Å². The molecule has 0 aliphatic carbocycles. The summed E-state index contributed by atoms with van der Waals surface area (Å²) in [5.41, 5.74) is 2.58. The molecule has 23 heavy (non-hydrogen) atoms. The van der Waals surface area contributed by atoms with Gasteiger partial charge in [-0.15, -0.1) is 0 Å². The van der Waals surface area contributed by atoms with Crippen molar-refractivity contribution in [3.63, 3.8) is 0 Å². The minimum absolute atomic E-state index is 0.149. The van der Waals surface area contributed by atoms with E-state index in [1.165, 1.54) is 24.9 Å². The number of anilines is 3. The topological polar surface area (TPSA) is 76.8 Å². The second-order valence-corrected chi connectivity index (χ2v) is 5.87. The van der Waals surface area contributed by atoms with E-state index in [1.807, 2.05) is 12.1 Å². The van der Waals surface area contributed by atoms with Gasteiger partial charge in [0, 0.05) is 30.7 Å². The average Bonchev–Trinajstić information content (AvgIpc) is 3.05. The second-order valence-electron chi connectivity index (χ2n) is 5.87. The molecule has 1 aromatic carbocycles. The molecule has 3 aromatic rings. The van der Waals surface area contributed by atoms with Crippen LogP contribution in [0.3, 0.4) is 0 Å². The molecule has 0 spiro atoms. The number of nitrogens with one attached hydrogen (secondary N) is 3. The Hall–Kier alpha value is -2.76. The van der Waals surface area contributed by atoms with E-state index >= 15 is 0 Å². The summed E-state index contributed by atoms with van der Waals surface area (Å²) in [6.45, 7) is 2.26. The van der Waals surface area contributed by atoms with Crippen LogP contribution in [0, 0.1) is 0 Å². The van der Waals surface area contributed by atoms with Crippen LogP contribution in [-0.4, -0.2) is 28.0 Å². The summed E-state index contributed by atoms with van der Waals surface area (Å²) in [4.78, 5) is 24.5. The number of aromatic amines is 2. The highest BCUT2D eigenvalue weighted by Crippen LogP contribution is 2.22. The lowest BCUT2D eigenvalue weighted by Gasteiger charge is -2.28. The van der Waals surface area contributed by atoms with Crippen molar-refractivity contribution in [2.24, 2.45) is 0 Å². The SMILES string of the molecule is O=c1[nH]c(Nc2ccc(N3CCCCC3)cc2)nc2[nH]ccc12. The van der Waals surface area contributed by atoms with E-state index in [9.17, 15) is 4.79 Å². The van der Waals surface area contributed by atoms with Crippen LogP contribution in [0.1, 0.15) is 19.3 Å². The second kappa shape index (κ2) is 5.79. The minimum Gasteiger partial charge on any atom is -0.372 e. The Morgan fingerprint density at radius 3 is 2.61 bits per heavy atom. The van der Waals surface area contributed by atoms with E-state index in [1.54, 1.807) is 12.3 Å². The van der Waals surface area contributed by atoms with Crippen molar-refractivity contribution in [1.29, 1.82) is 0 Å². The van der Waals surface area contributed by atoms with Crippen LogP contribution in [0.15, 0.2) is 41.3 Å². The third-order valence-electron chi connectivity index (χ3n) is 4.28. The lowest BCUT2D eigenvalue weighted by Crippen LogP contribution is -2.29. The van der Waals surface area contributed by atoms with Crippen LogP contribution < -0.4 is 15.8 Å². The van der Waals surface area contributed by atoms with Crippen LogP contribution in [0.5, 0.6) is 0 Å². The van der Waals surface area contributed by atoms with Crippen LogP contribution in [0.25, 0.3) is 11.0 Å². The number of piperidine rings is 1. The van der Waals surface area contributed by atoms with Crippen molar-refractivity contribution in [3.05, 3.63) is 46.9 Å². The van der Waals surface area contributed by atoms with Crippen LogP contribution >= 0.6 is 0 Å². The number of hydrogen-bond donors (Lipinski definition) is 3. The Bertz CT molecular complexity index is 859. The van der Waals surface area contributed by atoms with Gasteiger partial charge >= 0.3 is 0 Å². The summed E-state index contributed by atoms with van der Waals surface area (Å²) >= 11 is 0. The maximum atomic E-state index is 11.9. The Morgan fingerprint density at radius 1 is 1.04 bits per heavy atom. The third kappa shape index (κ3) is 2.79. The molecule has 0 saturated carbocycles. The number of benzene rings is 1. The standard InChI is InChI=1S/C17H19N5O/c23-16-14-8-9-18-15(14)20-17(21-16)19-12-4-6-13(7-5-12)22-10-2-1-3-11-22/h4-9H,1-3,10-11H2,(H3,18,19,20,21,23). The average molecular weight is 309 g/mol. The lowest BCUT2D eigenvalue weighted by atomic mass is 10.1. The number of H-pyrrole nitrogens is 2. The number of fused-ring (bicyclic) bond motifs is 1. The molecule has 2 aromatic heterocycles. The Labute approximate surface area is 133 Å². The van der Waals surface area contributed by atoms with Gasteiger partial charge in [0.25, 0.3) is 5.56 Å². The van der Waals surface area contributed by atoms with Gasteiger partial charge in [-0.25, -0.2) is 0 Å². The first kappa shape index (κ1) is 13.9. The lowest BCUT2D eigenvalue weighted by molar-refractivity contribution is 0.578. The van der Waals surface area contributed by atoms with Crippen molar-refractivity contribution in [2.75, 3.05) is 23.3 Å². The number of rotatable bonds is 3. The van der Waals surface area contributed by atoms with Crippen molar-refractivity contribution in [3.8, 4) is 0 Å². The summed E-state index contributed by atoms with van der Waals surface area (Å²) in [5, 5.41) is 3.72. The summed E-state index contributed by atoms with van der Waals surface area (Å²) in [6, 6.07) is 9.97. The largest absolute Gasteiger partial charge is 0.372 e. The van der Waals surface area contributed by atoms with Crippen molar-refractivity contribution >= 4 is 28.4 Å². The molecule has 0 atom stereocenters. The van der Waals surface area contributed by atoms with Crippen LogP contribution in [0.2, 0.25) is 0 Å². The fourth-order valence-electron chi connectivity index (χ4n) is 3.05. The molecule has 6 nitrogen and oxygen atoms in total. The molecule has 1 fully saturated rings. The first-order valence-corrected chi connectivity index (χ1v) is 7.99. The summed E-state index contributed by atoms with van der Waals surface area (Å²) < 4.78 is 0. The molecule has 0 bridgehead atoms. The Balaban J connectivity index is 1.54. The number of nitrogens with zero attached hydrogens (tertiary/aromatic N) is 2. The molecule has 3 N–H and O–H groups in total. The smallest absolute Gasteiger partial charge is 0.261 e. The normalized spacial score (nSPS) is 15.0. The Morgan fingerprint density at radius 2 is 1.83 bits per heavy atom. The van der Waals surface area contributed by atoms with E-state index < -0.39 is 0 Å². The van der Waals surface area contributed by atoms with E-state index in [0.717, 1.165) is 18.8 Å². The van der Waals surface area contributed by atoms with E-state index in [-0.39, 0.29) is 5.56 Å². The molecule has 1 aliphatic heterocycles. The van der Waals surface area contributed by atoms with Gasteiger partial charge < -0.3 is 15.2 Å². The minimum atomic E-state index is -0.149. The molecule has 0 radical (unpaired) electrons. The first-order valence-electron chi connectivity index (χ1n) is 7.99. The zero-order chi connectivity index (χ0) is 15.6. The fraction of sp³-hybridized carbons (Fsp3) is 0.294. The fourth-order valence-corrected chi connectivity index (χ4v) is 3.05. The molecule has 0 amide bonds. The number of aromatic nitrogens is 3. The van der Waals surface area contributed by atoms with E-state index in [4.69, 9.17) is 0 Å². The highest BCUT2D eigenvalue weighted by molar-refractivity contribution is 5.75. The van der Waals surface area contributed by atoms with Gasteiger partial charge in [0.2, 0.25) is 5.95 Å². The third-order valence-corrected chi connectivity index (χ3v) is 4.28. The van der Waals surface area contributed by atoms with Gasteiger partial charge in [0.1, 0.15) is 5.65 Å². The summed E-state index contributed by atoms with van der Waals surface area (Å²) in [5.74, 6) is 0.440. The van der Waals surface area contributed by atoms with Crippen LogP contribution in [-0.2, 0) is 0 Å². The first-order chi connectivity index (χ1) is 11.3. The quantitative estimate of drug-likeness (QED) is 0.695. The van der Waals surface area contributed by atoms with Gasteiger partial charge in [-0.05, 0) is 49.6 Å². The molecule has 1 aliphatic rings. The summed E-state index contributed by atoms with van der Waals surface area (Å²) in [6.07, 6.45) is 5.57. The van der Waals surface area contributed by atoms with Gasteiger partial charge in [-0.3, -0.25) is 9.78 Å². The zero-order valence-electron chi connectivity index (χ0n) is 12.8. The molecule has 3 heterocycles. The molecule has 0 unspecified atom stereocenters. The summed E-state index contributed by atoms with van der Waals surface area (Å²) in [7, 11) is 0.